The van der Waals surface area contributed by atoms with Crippen LogP contribution in [0.5, 0.6) is 0 Å². The van der Waals surface area contributed by atoms with E-state index in [1.54, 1.807) is 0 Å². The van der Waals surface area contributed by atoms with E-state index in [2.05, 4.69) is 10.6 Å². The number of carbonyl (C=O) groups excluding carboxylic acids is 1. The number of carbonyl (C=O) groups is 1. The first-order valence-electron chi connectivity index (χ1n) is 8.24. The van der Waals surface area contributed by atoms with Crippen LogP contribution < -0.4 is 10.6 Å². The number of rotatable bonds is 3. The minimum absolute atomic E-state index is 0.0850. The van der Waals surface area contributed by atoms with Crippen molar-refractivity contribution >= 4 is 5.91 Å². The maximum atomic E-state index is 11.8. The lowest BCUT2D eigenvalue weighted by Gasteiger charge is -2.57. The van der Waals surface area contributed by atoms with Gasteiger partial charge in [0.15, 0.2) is 0 Å². The van der Waals surface area contributed by atoms with Gasteiger partial charge < -0.3 is 10.6 Å². The standard InChI is InChI=1S/C16H26N2O/c19-15-14(2-1-3-17-15)18-10-16-7-11-4-12(8-16)6-13(5-11)9-16/h11-14,18H,1-10H2,(H,17,19). The Bertz CT molecular complexity index is 344. The predicted molar refractivity (Wildman–Crippen MR) is 74.6 cm³/mol. The van der Waals surface area contributed by atoms with Crippen LogP contribution >= 0.6 is 0 Å². The van der Waals surface area contributed by atoms with Crippen LogP contribution in [0.3, 0.4) is 0 Å². The fourth-order valence-electron chi connectivity index (χ4n) is 5.81. The van der Waals surface area contributed by atoms with Gasteiger partial charge in [0.1, 0.15) is 0 Å². The number of nitrogens with one attached hydrogen (secondary N) is 2. The van der Waals surface area contributed by atoms with Gasteiger partial charge in [0.05, 0.1) is 6.04 Å². The summed E-state index contributed by atoms with van der Waals surface area (Å²) in [6, 6.07) is 0.0850. The van der Waals surface area contributed by atoms with Crippen molar-refractivity contribution in [1.29, 1.82) is 0 Å². The molecule has 4 bridgehead atoms. The highest BCUT2D eigenvalue weighted by Gasteiger charge is 2.50. The molecule has 0 aromatic carbocycles. The molecule has 5 rings (SSSR count). The van der Waals surface area contributed by atoms with E-state index in [9.17, 15) is 4.79 Å². The Labute approximate surface area is 115 Å². The maximum Gasteiger partial charge on any atom is 0.237 e. The molecule has 1 atom stereocenters. The van der Waals surface area contributed by atoms with Crippen molar-refractivity contribution in [3.05, 3.63) is 0 Å². The second kappa shape index (κ2) is 4.47. The minimum Gasteiger partial charge on any atom is -0.355 e. The number of piperidine rings is 1. The Morgan fingerprint density at radius 2 is 1.74 bits per heavy atom. The van der Waals surface area contributed by atoms with Gasteiger partial charge in [0.2, 0.25) is 5.91 Å². The first kappa shape index (κ1) is 12.2. The lowest BCUT2D eigenvalue weighted by Crippen LogP contribution is -2.55. The Morgan fingerprint density at radius 3 is 2.32 bits per heavy atom. The monoisotopic (exact) mass is 262 g/mol. The van der Waals surface area contributed by atoms with Crippen LogP contribution in [0.4, 0.5) is 0 Å². The molecule has 5 aliphatic rings. The molecule has 0 radical (unpaired) electrons. The maximum absolute atomic E-state index is 11.8. The van der Waals surface area contributed by atoms with E-state index in [0.29, 0.717) is 5.41 Å². The molecule has 5 fully saturated rings. The molecule has 0 spiro atoms. The van der Waals surface area contributed by atoms with Crippen molar-refractivity contribution in [1.82, 2.24) is 10.6 Å². The Kier molecular flexibility index (Phi) is 2.87. The van der Waals surface area contributed by atoms with Crippen LogP contribution in [0.1, 0.15) is 51.4 Å². The molecule has 1 heterocycles. The molecule has 19 heavy (non-hydrogen) atoms. The molecule has 3 heteroatoms. The van der Waals surface area contributed by atoms with Crippen LogP contribution in [-0.2, 0) is 4.79 Å². The Morgan fingerprint density at radius 1 is 1.11 bits per heavy atom. The highest BCUT2D eigenvalue weighted by atomic mass is 16.2. The number of hydrogen-bond donors (Lipinski definition) is 2. The zero-order valence-corrected chi connectivity index (χ0v) is 11.8. The lowest BCUT2D eigenvalue weighted by atomic mass is 9.49. The average molecular weight is 262 g/mol. The average Bonchev–Trinajstić information content (AvgIpc) is 2.36. The summed E-state index contributed by atoms with van der Waals surface area (Å²) < 4.78 is 0. The zero-order valence-electron chi connectivity index (χ0n) is 11.8. The van der Waals surface area contributed by atoms with E-state index in [4.69, 9.17) is 0 Å². The predicted octanol–water partition coefficient (Wildman–Crippen LogP) is 2.07. The van der Waals surface area contributed by atoms with Gasteiger partial charge in [-0.25, -0.2) is 0 Å². The molecule has 3 nitrogen and oxygen atoms in total. The van der Waals surface area contributed by atoms with Crippen molar-refractivity contribution in [2.24, 2.45) is 23.2 Å². The first-order valence-corrected chi connectivity index (χ1v) is 8.24. The highest BCUT2D eigenvalue weighted by Crippen LogP contribution is 2.59. The van der Waals surface area contributed by atoms with Crippen LogP contribution in [0, 0.1) is 23.2 Å². The molecule has 4 saturated carbocycles. The van der Waals surface area contributed by atoms with E-state index in [1.807, 2.05) is 0 Å². The van der Waals surface area contributed by atoms with Crippen molar-refractivity contribution in [3.8, 4) is 0 Å². The summed E-state index contributed by atoms with van der Waals surface area (Å²) in [6.07, 6.45) is 11.0. The van der Waals surface area contributed by atoms with E-state index < -0.39 is 0 Å². The second-order valence-corrected chi connectivity index (χ2v) is 7.78. The summed E-state index contributed by atoms with van der Waals surface area (Å²) in [6.45, 7) is 1.96. The Balaban J connectivity index is 1.41. The third kappa shape index (κ3) is 2.20. The molecular formula is C16H26N2O. The fourth-order valence-corrected chi connectivity index (χ4v) is 5.81. The molecule has 1 saturated heterocycles. The van der Waals surface area contributed by atoms with E-state index in [-0.39, 0.29) is 11.9 Å². The molecular weight excluding hydrogens is 236 g/mol. The summed E-state index contributed by atoms with van der Waals surface area (Å²) in [5.41, 5.74) is 0.548. The molecule has 1 aliphatic heterocycles. The summed E-state index contributed by atoms with van der Waals surface area (Å²) in [4.78, 5) is 11.8. The van der Waals surface area contributed by atoms with Gasteiger partial charge in [-0.2, -0.15) is 0 Å². The minimum atomic E-state index is 0.0850. The molecule has 4 aliphatic carbocycles. The quantitative estimate of drug-likeness (QED) is 0.817. The summed E-state index contributed by atoms with van der Waals surface area (Å²) in [7, 11) is 0. The third-order valence-corrected chi connectivity index (χ3v) is 6.17. The summed E-state index contributed by atoms with van der Waals surface area (Å²) in [5, 5.41) is 6.61. The van der Waals surface area contributed by atoms with E-state index in [1.165, 1.54) is 38.5 Å². The van der Waals surface area contributed by atoms with Crippen LogP contribution in [0.2, 0.25) is 0 Å². The lowest BCUT2D eigenvalue weighted by molar-refractivity contribution is -0.125. The summed E-state index contributed by atoms with van der Waals surface area (Å²) in [5.74, 6) is 3.26. The topological polar surface area (TPSA) is 41.1 Å². The summed E-state index contributed by atoms with van der Waals surface area (Å²) >= 11 is 0. The molecule has 1 amide bonds. The zero-order chi connectivity index (χ0) is 12.9. The van der Waals surface area contributed by atoms with Crippen LogP contribution in [0.15, 0.2) is 0 Å². The normalized spacial score (nSPS) is 48.3. The number of hydrogen-bond acceptors (Lipinski definition) is 2. The van der Waals surface area contributed by atoms with Gasteiger partial charge in [-0.1, -0.05) is 0 Å². The van der Waals surface area contributed by atoms with Gasteiger partial charge in [-0.3, -0.25) is 4.79 Å². The third-order valence-electron chi connectivity index (χ3n) is 6.17. The van der Waals surface area contributed by atoms with Gasteiger partial charge in [-0.15, -0.1) is 0 Å². The fraction of sp³-hybridized carbons (Fsp3) is 0.938. The van der Waals surface area contributed by atoms with E-state index >= 15 is 0 Å². The van der Waals surface area contributed by atoms with Crippen LogP contribution in [0.25, 0.3) is 0 Å². The second-order valence-electron chi connectivity index (χ2n) is 7.78. The van der Waals surface area contributed by atoms with Crippen molar-refractivity contribution < 1.29 is 4.79 Å². The van der Waals surface area contributed by atoms with Gasteiger partial charge >= 0.3 is 0 Å². The molecule has 0 aromatic heterocycles. The molecule has 0 aromatic rings. The van der Waals surface area contributed by atoms with Crippen molar-refractivity contribution in [2.75, 3.05) is 13.1 Å². The van der Waals surface area contributed by atoms with Crippen LogP contribution in [-0.4, -0.2) is 25.0 Å². The van der Waals surface area contributed by atoms with Crippen molar-refractivity contribution in [3.63, 3.8) is 0 Å². The molecule has 106 valence electrons. The van der Waals surface area contributed by atoms with Gasteiger partial charge in [-0.05, 0) is 74.5 Å². The van der Waals surface area contributed by atoms with E-state index in [0.717, 1.165) is 43.7 Å². The van der Waals surface area contributed by atoms with Gasteiger partial charge in [0, 0.05) is 13.1 Å². The Hall–Kier alpha value is -0.570. The van der Waals surface area contributed by atoms with Gasteiger partial charge in [0.25, 0.3) is 0 Å². The SMILES string of the molecule is O=C1NCCCC1NCC12CC3CC(CC(C3)C1)C2. The van der Waals surface area contributed by atoms with Crippen molar-refractivity contribution in [2.45, 2.75) is 57.4 Å². The first-order chi connectivity index (χ1) is 9.22. The molecule has 1 unspecified atom stereocenters. The molecule has 2 N–H and O–H groups in total. The largest absolute Gasteiger partial charge is 0.355 e. The highest BCUT2D eigenvalue weighted by molar-refractivity contribution is 5.82. The smallest absolute Gasteiger partial charge is 0.237 e. The number of amides is 1.